The van der Waals surface area contributed by atoms with Crippen molar-refractivity contribution in [2.75, 3.05) is 23.0 Å². The van der Waals surface area contributed by atoms with Gasteiger partial charge >= 0.3 is 0 Å². The first-order chi connectivity index (χ1) is 32.7. The molecule has 0 N–H and O–H groups in total. The van der Waals surface area contributed by atoms with Crippen LogP contribution in [0.5, 0.6) is 0 Å². The van der Waals surface area contributed by atoms with Crippen LogP contribution in [0.3, 0.4) is 0 Å². The molecule has 368 valence electrons. The Morgan fingerprint density at radius 1 is 0.671 bits per heavy atom. The van der Waals surface area contributed by atoms with Gasteiger partial charge in [0.1, 0.15) is 6.07 Å². The molecule has 6 saturated heterocycles. The molecule has 16 heteroatoms. The summed E-state index contributed by atoms with van der Waals surface area (Å²) in [4.78, 5) is 70.5. The van der Waals surface area contributed by atoms with Gasteiger partial charge in [-0.25, -0.2) is 14.6 Å². The molecular formula is C54H66N6O8Si2. The molecule has 2 aromatic heterocycles. The Balaban J connectivity index is 0.000000174. The van der Waals surface area contributed by atoms with Gasteiger partial charge in [-0.05, 0) is 125 Å². The highest BCUT2D eigenvalue weighted by atomic mass is 28.4. The molecule has 0 radical (unpaired) electrons. The number of anilines is 2. The van der Waals surface area contributed by atoms with Crippen LogP contribution in [0.25, 0.3) is 26.7 Å². The third-order valence-electron chi connectivity index (χ3n) is 17.8. The van der Waals surface area contributed by atoms with Crippen molar-refractivity contribution in [1.82, 2.24) is 9.97 Å². The molecule has 2 aromatic carbocycles. The Morgan fingerprint density at radius 2 is 1.09 bits per heavy atom. The van der Waals surface area contributed by atoms with Gasteiger partial charge in [0.15, 0.2) is 16.6 Å². The van der Waals surface area contributed by atoms with Crippen LogP contribution in [0, 0.1) is 41.6 Å². The van der Waals surface area contributed by atoms with Crippen LogP contribution >= 0.6 is 0 Å². The van der Waals surface area contributed by atoms with Crippen LogP contribution in [0.15, 0.2) is 60.9 Å². The van der Waals surface area contributed by atoms with Gasteiger partial charge in [-0.2, -0.15) is 5.26 Å². The van der Waals surface area contributed by atoms with Crippen LogP contribution in [-0.2, 0) is 37.5 Å². The van der Waals surface area contributed by atoms with Crippen molar-refractivity contribution in [2.45, 2.75) is 153 Å². The summed E-state index contributed by atoms with van der Waals surface area (Å²) in [6, 6.07) is 16.0. The molecule has 6 aliphatic rings. The van der Waals surface area contributed by atoms with E-state index >= 15 is 0 Å². The minimum atomic E-state index is -1.95. The van der Waals surface area contributed by atoms with E-state index in [4.69, 9.17) is 24.9 Å². The van der Waals surface area contributed by atoms with Crippen molar-refractivity contribution in [3.8, 4) is 6.07 Å². The van der Waals surface area contributed by atoms with E-state index in [0.717, 1.165) is 25.7 Å². The number of nitriles is 1. The number of imide groups is 2. The topological polar surface area (TPSA) is 166 Å². The van der Waals surface area contributed by atoms with E-state index < -0.39 is 62.7 Å². The largest absolute Gasteiger partial charge is 0.417 e. The van der Waals surface area contributed by atoms with E-state index in [1.54, 1.807) is 48.8 Å². The number of amides is 4. The average molecular weight is 983 g/mol. The van der Waals surface area contributed by atoms with E-state index in [1.807, 2.05) is 26.0 Å². The molecule has 14 nitrogen and oxygen atoms in total. The Labute approximate surface area is 413 Å². The maximum atomic E-state index is 14.0. The molecule has 4 amide bonds. The van der Waals surface area contributed by atoms with Crippen molar-refractivity contribution >= 4 is 79.1 Å². The molecule has 6 aliphatic heterocycles. The predicted molar refractivity (Wildman–Crippen MR) is 272 cm³/mol. The van der Waals surface area contributed by atoms with Gasteiger partial charge in [0.05, 0.1) is 80.6 Å². The molecule has 0 saturated carbocycles. The van der Waals surface area contributed by atoms with Gasteiger partial charge in [0.25, 0.3) is 0 Å². The van der Waals surface area contributed by atoms with Gasteiger partial charge in [0, 0.05) is 36.4 Å². The smallest absolute Gasteiger partial charge is 0.240 e. The highest BCUT2D eigenvalue weighted by Gasteiger charge is 2.75. The number of carbonyl (C=O) groups is 4. The average Bonchev–Trinajstić information content (AvgIpc) is 4.09. The summed E-state index contributed by atoms with van der Waals surface area (Å²) in [6.07, 6.45) is 7.42. The number of hydrogen-bond acceptors (Lipinski definition) is 11. The number of fused-ring (bicyclic) bond motifs is 12. The highest BCUT2D eigenvalue weighted by molar-refractivity contribution is 6.74. The molecular weight excluding hydrogens is 917 g/mol. The van der Waals surface area contributed by atoms with Crippen LogP contribution in [0.1, 0.15) is 99.5 Å². The van der Waals surface area contributed by atoms with E-state index in [-0.39, 0.29) is 33.7 Å². The Morgan fingerprint density at radius 3 is 1.51 bits per heavy atom. The minimum absolute atomic E-state index is 0.0918. The van der Waals surface area contributed by atoms with Gasteiger partial charge in [-0.3, -0.25) is 29.1 Å². The summed E-state index contributed by atoms with van der Waals surface area (Å²) in [5.74, 6) is -2.94. The molecule has 8 heterocycles. The van der Waals surface area contributed by atoms with Gasteiger partial charge in [-0.1, -0.05) is 53.7 Å². The van der Waals surface area contributed by atoms with E-state index in [9.17, 15) is 24.4 Å². The molecule has 70 heavy (non-hydrogen) atoms. The van der Waals surface area contributed by atoms with Crippen LogP contribution in [-0.4, -0.2) is 85.8 Å². The number of hydrogen-bond donors (Lipinski definition) is 0. The summed E-state index contributed by atoms with van der Waals surface area (Å²) in [7, 11) is -3.90. The van der Waals surface area contributed by atoms with Crippen LogP contribution in [0.2, 0.25) is 36.3 Å². The standard InChI is InChI=1S/2C27H33N3O4Si/c1-25(2,3)35(6,7)33-16-14-27-13-12-26(4,34-27)20-21(27)24(32)30(23(20)31)19-11-10-18(28-5)22-17(19)9-8-15-29-22;1-25(2,3)35(5,6)33-15-13-27-12-11-26(4,34-27)20-21(27)24(32)30(23(20)31)19-10-9-17(16-28)22-18(19)8-7-14-29-22/h8-11,15,20-21H,12-14,16H2,1-4,6-7H3;7-10,14,20-21H,11-13,15H2,1-6H3/t2*20-,21+,26?,27?/m10/s1. The summed E-state index contributed by atoms with van der Waals surface area (Å²) in [6.45, 7) is 34.6. The summed E-state index contributed by atoms with van der Waals surface area (Å²) >= 11 is 0. The zero-order chi connectivity index (χ0) is 50.8. The Hall–Kier alpha value is -5.21. The van der Waals surface area contributed by atoms with Crippen LogP contribution in [0.4, 0.5) is 17.1 Å². The summed E-state index contributed by atoms with van der Waals surface area (Å²) in [5.41, 5.74) is 0.104. The zero-order valence-electron chi connectivity index (χ0n) is 42.7. The first kappa shape index (κ1) is 49.8. The van der Waals surface area contributed by atoms with Crippen molar-refractivity contribution in [3.05, 3.63) is 77.9 Å². The second-order valence-electron chi connectivity index (χ2n) is 23.9. The number of benzene rings is 2. The second-order valence-corrected chi connectivity index (χ2v) is 33.5. The van der Waals surface area contributed by atoms with Gasteiger partial charge in [-0.15, -0.1) is 0 Å². The molecule has 4 aromatic rings. The highest BCUT2D eigenvalue weighted by Crippen LogP contribution is 2.64. The molecule has 8 atom stereocenters. The lowest BCUT2D eigenvalue weighted by molar-refractivity contribution is -0.133. The maximum absolute atomic E-state index is 14.0. The normalized spacial score (nSPS) is 30.3. The number of ether oxygens (including phenoxy) is 2. The number of aromatic nitrogens is 2. The lowest BCUT2D eigenvalue weighted by atomic mass is 9.67. The summed E-state index contributed by atoms with van der Waals surface area (Å²) in [5, 5.41) is 10.9. The fourth-order valence-corrected chi connectivity index (χ4v) is 14.0. The molecule has 10 rings (SSSR count). The van der Waals surface area contributed by atoms with Crippen molar-refractivity contribution in [1.29, 1.82) is 5.26 Å². The van der Waals surface area contributed by atoms with Crippen molar-refractivity contribution in [3.63, 3.8) is 0 Å². The van der Waals surface area contributed by atoms with Gasteiger partial charge in [0.2, 0.25) is 29.3 Å². The second kappa shape index (κ2) is 16.7. The third-order valence-corrected chi connectivity index (χ3v) is 26.9. The van der Waals surface area contributed by atoms with E-state index in [1.165, 1.54) is 9.80 Å². The number of pyridine rings is 2. The van der Waals surface area contributed by atoms with E-state index in [2.05, 4.69) is 88.6 Å². The van der Waals surface area contributed by atoms with Crippen molar-refractivity contribution in [2.24, 2.45) is 23.7 Å². The molecule has 4 unspecified atom stereocenters. The SMILES string of the molecule is CC12CCC(CCO[Si](C)(C)C(C)(C)C)(O1)[C@H]1C(=O)N(c3ccc(C#N)c4ncccc34)C(=O)[C@H]12.[C-]#[N+]c1ccc(N2C(=O)[C@@H]3[C@H](C2=O)C2(C)CCC3(CCO[Si](C)(C)C(C)(C)C)O2)c2cccnc12. The molecule has 6 fully saturated rings. The monoisotopic (exact) mass is 982 g/mol. The molecule has 4 bridgehead atoms. The predicted octanol–water partition coefficient (Wildman–Crippen LogP) is 10.6. The number of nitrogens with zero attached hydrogens (tertiary/aromatic N) is 6. The lowest BCUT2D eigenvalue weighted by Gasteiger charge is -2.38. The molecule has 0 aliphatic carbocycles. The minimum Gasteiger partial charge on any atom is -0.417 e. The Kier molecular flexibility index (Phi) is 11.9. The third kappa shape index (κ3) is 7.50. The molecule has 0 spiro atoms. The first-order valence-corrected chi connectivity index (χ1v) is 30.5. The fourth-order valence-electron chi connectivity index (χ4n) is 12.0. The maximum Gasteiger partial charge on any atom is 0.240 e. The first-order valence-electron chi connectivity index (χ1n) is 24.7. The quantitative estimate of drug-likeness (QED) is 0.0843. The lowest BCUT2D eigenvalue weighted by Crippen LogP contribution is -2.45. The number of carbonyl (C=O) groups excluding carboxylic acids is 4. The van der Waals surface area contributed by atoms with E-state index in [0.29, 0.717) is 70.5 Å². The van der Waals surface area contributed by atoms with Gasteiger partial charge < -0.3 is 18.3 Å². The fraction of sp³-hybridized carbons (Fsp3) is 0.556. The number of rotatable bonds is 10. The zero-order valence-corrected chi connectivity index (χ0v) is 44.7. The summed E-state index contributed by atoms with van der Waals surface area (Å²) < 4.78 is 26.1. The van der Waals surface area contributed by atoms with Crippen molar-refractivity contribution < 1.29 is 37.5 Å². The Bertz CT molecular complexity index is 2760. The van der Waals surface area contributed by atoms with Crippen LogP contribution < -0.4 is 9.80 Å².